The number of nitrogens with zero attached hydrogens (tertiary/aromatic N) is 4. The number of anilines is 1. The molecule has 130 valence electrons. The molecular weight excluding hydrogens is 358 g/mol. The number of carbonyl (C=O) groups is 2. The van der Waals surface area contributed by atoms with E-state index in [0.29, 0.717) is 11.3 Å². The second-order valence-corrected chi connectivity index (χ2v) is 6.66. The van der Waals surface area contributed by atoms with Crippen LogP contribution < -0.4 is 26.3 Å². The van der Waals surface area contributed by atoms with Gasteiger partial charge in [0.2, 0.25) is 10.9 Å². The van der Waals surface area contributed by atoms with E-state index in [1.54, 1.807) is 24.3 Å². The first kappa shape index (κ1) is 16.1. The number of fused-ring (bicyclic) bond motifs is 2. The quantitative estimate of drug-likeness (QED) is 0.590. The van der Waals surface area contributed by atoms with Crippen molar-refractivity contribution in [1.29, 1.82) is 0 Å². The van der Waals surface area contributed by atoms with Gasteiger partial charge in [-0.1, -0.05) is 29.5 Å². The highest BCUT2D eigenvalue weighted by molar-refractivity contribution is 7.15. The summed E-state index contributed by atoms with van der Waals surface area (Å²) in [6.07, 6.45) is 0. The molecule has 1 aromatic carbocycles. The summed E-state index contributed by atoms with van der Waals surface area (Å²) < 4.78 is 1.12. The summed E-state index contributed by atoms with van der Waals surface area (Å²) in [6, 6.07) is 6.80. The topological polar surface area (TPSA) is 128 Å². The Bertz CT molecular complexity index is 1280. The summed E-state index contributed by atoms with van der Waals surface area (Å²) in [7, 11) is 0. The molecule has 26 heavy (non-hydrogen) atoms. The van der Waals surface area contributed by atoms with Crippen LogP contribution in [0.25, 0.3) is 10.5 Å². The number of aromatic nitrogens is 3. The number of rotatable bonds is 2. The van der Waals surface area contributed by atoms with Crippen LogP contribution in [0.15, 0.2) is 33.9 Å². The molecule has 2 amide bonds. The van der Waals surface area contributed by atoms with Crippen LogP contribution in [0.1, 0.15) is 11.3 Å². The minimum Gasteiger partial charge on any atom is -0.368 e. The Balaban J connectivity index is 2.09. The number of carbonyl (C=O) groups excluding carboxylic acids is 2. The molecule has 0 spiro atoms. The van der Waals surface area contributed by atoms with Gasteiger partial charge in [0.25, 0.3) is 17.0 Å². The van der Waals surface area contributed by atoms with Crippen molar-refractivity contribution >= 4 is 39.4 Å². The van der Waals surface area contributed by atoms with E-state index >= 15 is 0 Å². The molecule has 0 radical (unpaired) electrons. The van der Waals surface area contributed by atoms with Crippen molar-refractivity contribution in [3.8, 4) is 0 Å². The molecule has 1 aliphatic heterocycles. The van der Waals surface area contributed by atoms with Gasteiger partial charge in [-0.15, -0.1) is 0 Å². The average Bonchev–Trinajstić information content (AvgIpc) is 3.04. The summed E-state index contributed by atoms with van der Waals surface area (Å²) in [4.78, 5) is 53.8. The summed E-state index contributed by atoms with van der Waals surface area (Å²) in [6.45, 7) is 1.15. The molecule has 0 atom stereocenters. The highest BCUT2D eigenvalue weighted by Gasteiger charge is 2.34. The SMILES string of the molecule is Cc1nn2c(=O)c(=C3C(=O)N(CC(N)=O)c4ccccc43)sc2nc1=O. The molecule has 0 aliphatic carbocycles. The number of primary amides is 1. The van der Waals surface area contributed by atoms with Crippen LogP contribution in [-0.2, 0) is 9.59 Å². The normalized spacial score (nSPS) is 15.6. The number of hydrogen-bond acceptors (Lipinski definition) is 7. The third-order valence-electron chi connectivity index (χ3n) is 3.98. The molecule has 0 fully saturated rings. The smallest absolute Gasteiger partial charge is 0.295 e. The van der Waals surface area contributed by atoms with Gasteiger partial charge in [0, 0.05) is 5.56 Å². The van der Waals surface area contributed by atoms with E-state index in [2.05, 4.69) is 10.1 Å². The summed E-state index contributed by atoms with van der Waals surface area (Å²) >= 11 is 0.908. The second kappa shape index (κ2) is 5.56. The van der Waals surface area contributed by atoms with Crippen molar-refractivity contribution in [2.75, 3.05) is 11.4 Å². The van der Waals surface area contributed by atoms with Crippen molar-refractivity contribution in [3.63, 3.8) is 0 Å². The summed E-state index contributed by atoms with van der Waals surface area (Å²) in [5.74, 6) is -1.18. The monoisotopic (exact) mass is 369 g/mol. The highest BCUT2D eigenvalue weighted by atomic mass is 32.1. The van der Waals surface area contributed by atoms with Crippen LogP contribution in [0.5, 0.6) is 0 Å². The van der Waals surface area contributed by atoms with Gasteiger partial charge in [-0.2, -0.15) is 14.6 Å². The fourth-order valence-electron chi connectivity index (χ4n) is 2.85. The second-order valence-electron chi connectivity index (χ2n) is 5.68. The van der Waals surface area contributed by atoms with E-state index < -0.39 is 22.9 Å². The third-order valence-corrected chi connectivity index (χ3v) is 5.01. The number of aryl methyl sites for hydroxylation is 1. The van der Waals surface area contributed by atoms with Crippen LogP contribution >= 0.6 is 11.3 Å². The van der Waals surface area contributed by atoms with E-state index in [0.717, 1.165) is 15.9 Å². The fourth-order valence-corrected chi connectivity index (χ4v) is 3.84. The van der Waals surface area contributed by atoms with Crippen molar-refractivity contribution in [2.24, 2.45) is 5.73 Å². The Morgan fingerprint density at radius 1 is 1.23 bits per heavy atom. The Hall–Kier alpha value is -3.40. The number of benzene rings is 1. The zero-order valence-electron chi connectivity index (χ0n) is 13.4. The maximum atomic E-state index is 12.9. The molecule has 3 aromatic rings. The first-order valence-electron chi connectivity index (χ1n) is 7.53. The van der Waals surface area contributed by atoms with E-state index in [9.17, 15) is 19.2 Å². The minimum atomic E-state index is -0.669. The number of amides is 2. The molecule has 2 aromatic heterocycles. The number of hydrogen-bond donors (Lipinski definition) is 1. The predicted octanol–water partition coefficient (Wildman–Crippen LogP) is -1.43. The minimum absolute atomic E-state index is 0.0856. The molecule has 0 unspecified atom stereocenters. The van der Waals surface area contributed by atoms with E-state index in [1.807, 2.05) is 0 Å². The molecule has 4 rings (SSSR count). The first-order valence-corrected chi connectivity index (χ1v) is 8.34. The zero-order chi connectivity index (χ0) is 18.6. The lowest BCUT2D eigenvalue weighted by atomic mass is 10.1. The molecule has 9 nitrogen and oxygen atoms in total. The van der Waals surface area contributed by atoms with Gasteiger partial charge < -0.3 is 5.73 Å². The fraction of sp³-hybridized carbons (Fsp3) is 0.125. The van der Waals surface area contributed by atoms with Crippen molar-refractivity contribution in [3.05, 3.63) is 60.8 Å². The molecule has 0 saturated heterocycles. The standard InChI is InChI=1S/C16H11N5O4S/c1-7-13(23)18-16-21(19-7)15(25)12(26-16)11-8-4-2-3-5-9(8)20(14(11)24)6-10(17)22/h2-5H,6H2,1H3,(H2,17,22). The predicted molar refractivity (Wildman–Crippen MR) is 93.9 cm³/mol. The molecule has 1 aliphatic rings. The van der Waals surface area contributed by atoms with Crippen LogP contribution in [-0.4, -0.2) is 33.0 Å². The number of nitrogens with two attached hydrogens (primary N) is 1. The molecule has 0 saturated carbocycles. The van der Waals surface area contributed by atoms with Crippen LogP contribution in [0, 0.1) is 6.92 Å². The van der Waals surface area contributed by atoms with Gasteiger partial charge in [0.05, 0.1) is 11.3 Å². The average molecular weight is 369 g/mol. The van der Waals surface area contributed by atoms with E-state index in [-0.39, 0.29) is 27.3 Å². The lowest BCUT2D eigenvalue weighted by molar-refractivity contribution is -0.119. The highest BCUT2D eigenvalue weighted by Crippen LogP contribution is 2.34. The maximum Gasteiger partial charge on any atom is 0.295 e. The third kappa shape index (κ3) is 2.23. The molecule has 10 heteroatoms. The van der Waals surface area contributed by atoms with Gasteiger partial charge in [0.15, 0.2) is 0 Å². The first-order chi connectivity index (χ1) is 12.4. The van der Waals surface area contributed by atoms with Crippen LogP contribution in [0.3, 0.4) is 0 Å². The van der Waals surface area contributed by atoms with E-state index in [1.165, 1.54) is 11.8 Å². The van der Waals surface area contributed by atoms with Crippen molar-refractivity contribution < 1.29 is 9.59 Å². The van der Waals surface area contributed by atoms with Gasteiger partial charge in [-0.25, -0.2) is 0 Å². The van der Waals surface area contributed by atoms with Crippen LogP contribution in [0.2, 0.25) is 0 Å². The largest absolute Gasteiger partial charge is 0.368 e. The Kier molecular flexibility index (Phi) is 3.44. The van der Waals surface area contributed by atoms with Crippen LogP contribution in [0.4, 0.5) is 5.69 Å². The summed E-state index contributed by atoms with van der Waals surface area (Å²) in [5.41, 5.74) is 5.41. The zero-order valence-corrected chi connectivity index (χ0v) is 14.2. The van der Waals surface area contributed by atoms with Crippen molar-refractivity contribution in [1.82, 2.24) is 14.6 Å². The molecule has 3 heterocycles. The lowest BCUT2D eigenvalue weighted by Gasteiger charge is -2.14. The molecule has 0 bridgehead atoms. The Labute approximate surface area is 149 Å². The lowest BCUT2D eigenvalue weighted by Crippen LogP contribution is -2.37. The summed E-state index contributed by atoms with van der Waals surface area (Å²) in [5, 5.41) is 3.94. The Morgan fingerprint density at radius 3 is 2.69 bits per heavy atom. The maximum absolute atomic E-state index is 12.9. The Morgan fingerprint density at radius 2 is 1.96 bits per heavy atom. The number of thiazole rings is 1. The number of para-hydroxylation sites is 1. The van der Waals surface area contributed by atoms with Crippen molar-refractivity contribution in [2.45, 2.75) is 6.92 Å². The van der Waals surface area contributed by atoms with E-state index in [4.69, 9.17) is 5.73 Å². The van der Waals surface area contributed by atoms with Gasteiger partial charge in [0.1, 0.15) is 16.8 Å². The van der Waals surface area contributed by atoms with Gasteiger partial charge >= 0.3 is 0 Å². The van der Waals surface area contributed by atoms with Gasteiger partial charge in [-0.3, -0.25) is 24.1 Å². The molecular formula is C16H11N5O4S. The van der Waals surface area contributed by atoms with Gasteiger partial charge in [-0.05, 0) is 13.0 Å². The molecule has 2 N–H and O–H groups in total.